The average Bonchev–Trinajstić information content (AvgIpc) is 2.31. The molecule has 1 rings (SSSR count). The fraction of sp³-hybridized carbons (Fsp3) is 0.583. The first kappa shape index (κ1) is 14.8. The van der Waals surface area contributed by atoms with Gasteiger partial charge in [0.05, 0.1) is 6.61 Å². The average molecular weight is 270 g/mol. The maximum atomic E-state index is 11.5. The van der Waals surface area contributed by atoms with Gasteiger partial charge in [0.15, 0.2) is 5.16 Å². The Morgan fingerprint density at radius 1 is 1.56 bits per heavy atom. The van der Waals surface area contributed by atoms with Gasteiger partial charge in [0.2, 0.25) is 0 Å². The van der Waals surface area contributed by atoms with Crippen LogP contribution in [0.4, 0.5) is 0 Å². The highest BCUT2D eigenvalue weighted by Gasteiger charge is 2.05. The molecule has 0 fully saturated rings. The second-order valence-corrected chi connectivity index (χ2v) is 4.90. The Bertz CT molecular complexity index is 471. The number of carbonyl (C=O) groups excluding carboxylic acids is 1. The smallest absolute Gasteiger partial charge is 0.305 e. The topological polar surface area (TPSA) is 61.2 Å². The summed E-state index contributed by atoms with van der Waals surface area (Å²) < 4.78 is 6.35. The lowest BCUT2D eigenvalue weighted by molar-refractivity contribution is -0.143. The van der Waals surface area contributed by atoms with Crippen LogP contribution in [0.2, 0.25) is 0 Å². The third-order valence-corrected chi connectivity index (χ3v) is 3.40. The van der Waals surface area contributed by atoms with E-state index in [1.54, 1.807) is 20.9 Å². The molecule has 0 N–H and O–H groups in total. The second-order valence-electron chi connectivity index (χ2n) is 3.83. The summed E-state index contributed by atoms with van der Waals surface area (Å²) in [4.78, 5) is 26.9. The van der Waals surface area contributed by atoms with Gasteiger partial charge in [-0.1, -0.05) is 11.8 Å². The first-order valence-corrected chi connectivity index (χ1v) is 6.86. The van der Waals surface area contributed by atoms with E-state index in [4.69, 9.17) is 4.74 Å². The molecule has 0 aliphatic heterocycles. The summed E-state index contributed by atoms with van der Waals surface area (Å²) >= 11 is 1.48. The van der Waals surface area contributed by atoms with Crippen molar-refractivity contribution in [2.75, 3.05) is 12.4 Å². The molecule has 0 aliphatic carbocycles. The lowest BCUT2D eigenvalue weighted by Gasteiger charge is -2.07. The Balaban J connectivity index is 2.45. The molecule has 0 bridgehead atoms. The predicted molar refractivity (Wildman–Crippen MR) is 70.8 cm³/mol. The van der Waals surface area contributed by atoms with Crippen LogP contribution in [-0.2, 0) is 16.6 Å². The minimum absolute atomic E-state index is 0.0598. The fourth-order valence-corrected chi connectivity index (χ4v) is 2.33. The van der Waals surface area contributed by atoms with Crippen LogP contribution in [-0.4, -0.2) is 27.9 Å². The van der Waals surface area contributed by atoms with Gasteiger partial charge in [-0.25, -0.2) is 4.98 Å². The van der Waals surface area contributed by atoms with Crippen LogP contribution in [0.5, 0.6) is 0 Å². The quantitative estimate of drug-likeness (QED) is 0.339. The van der Waals surface area contributed by atoms with E-state index >= 15 is 0 Å². The summed E-state index contributed by atoms with van der Waals surface area (Å²) in [6, 6.07) is 1.50. The number of hydrogen-bond acceptors (Lipinski definition) is 5. The van der Waals surface area contributed by atoms with E-state index in [1.165, 1.54) is 22.4 Å². The molecule has 0 saturated heterocycles. The first-order chi connectivity index (χ1) is 8.54. The third-order valence-electron chi connectivity index (χ3n) is 2.28. The van der Waals surface area contributed by atoms with Crippen LogP contribution in [0.25, 0.3) is 0 Å². The van der Waals surface area contributed by atoms with Crippen LogP contribution in [0.15, 0.2) is 16.0 Å². The van der Waals surface area contributed by atoms with E-state index in [2.05, 4.69) is 4.98 Å². The van der Waals surface area contributed by atoms with Gasteiger partial charge in [-0.3, -0.25) is 14.2 Å². The van der Waals surface area contributed by atoms with Crippen molar-refractivity contribution in [3.05, 3.63) is 22.1 Å². The zero-order valence-electron chi connectivity index (χ0n) is 10.9. The maximum Gasteiger partial charge on any atom is 0.305 e. The standard InChI is InChI=1S/C12H18N2O3S/c1-4-17-11(16)6-5-7-18-12-13-9(2)8-10(15)14(12)3/h8H,4-7H2,1-3H3. The highest BCUT2D eigenvalue weighted by Crippen LogP contribution is 2.15. The first-order valence-electron chi connectivity index (χ1n) is 5.87. The number of hydrogen-bond donors (Lipinski definition) is 0. The molecular formula is C12H18N2O3S. The monoisotopic (exact) mass is 270 g/mol. The van der Waals surface area contributed by atoms with Crippen molar-refractivity contribution in [2.45, 2.75) is 31.8 Å². The Hall–Kier alpha value is -1.30. The summed E-state index contributed by atoms with van der Waals surface area (Å²) in [5.41, 5.74) is 0.654. The van der Waals surface area contributed by atoms with Crippen molar-refractivity contribution in [3.63, 3.8) is 0 Å². The minimum Gasteiger partial charge on any atom is -0.466 e. The number of rotatable bonds is 6. The Kier molecular flexibility index (Phi) is 5.91. The number of esters is 1. The SMILES string of the molecule is CCOC(=O)CCCSc1nc(C)cc(=O)n1C. The molecule has 0 amide bonds. The van der Waals surface area contributed by atoms with E-state index < -0.39 is 0 Å². The highest BCUT2D eigenvalue weighted by molar-refractivity contribution is 7.99. The van der Waals surface area contributed by atoms with Crippen LogP contribution >= 0.6 is 11.8 Å². The molecule has 100 valence electrons. The molecule has 1 aromatic rings. The molecule has 6 heteroatoms. The molecule has 0 aliphatic rings. The summed E-state index contributed by atoms with van der Waals surface area (Å²) in [7, 11) is 1.70. The van der Waals surface area contributed by atoms with Crippen molar-refractivity contribution in [1.29, 1.82) is 0 Å². The van der Waals surface area contributed by atoms with Crippen LogP contribution < -0.4 is 5.56 Å². The summed E-state index contributed by atoms with van der Waals surface area (Å²) in [6.45, 7) is 4.00. The van der Waals surface area contributed by atoms with Gasteiger partial charge in [-0.15, -0.1) is 0 Å². The van der Waals surface area contributed by atoms with Crippen molar-refractivity contribution >= 4 is 17.7 Å². The summed E-state index contributed by atoms with van der Waals surface area (Å²) in [5, 5.41) is 0.684. The predicted octanol–water partition coefficient (Wildman–Crippen LogP) is 1.52. The molecule has 5 nitrogen and oxygen atoms in total. The van der Waals surface area contributed by atoms with Gasteiger partial charge in [0.1, 0.15) is 0 Å². The van der Waals surface area contributed by atoms with Crippen LogP contribution in [0, 0.1) is 6.92 Å². The molecule has 1 heterocycles. The second kappa shape index (κ2) is 7.20. The Morgan fingerprint density at radius 3 is 2.94 bits per heavy atom. The molecule has 0 saturated carbocycles. The van der Waals surface area contributed by atoms with E-state index in [0.717, 1.165) is 5.75 Å². The number of nitrogens with zero attached hydrogens (tertiary/aromatic N) is 2. The van der Waals surface area contributed by atoms with Crippen molar-refractivity contribution in [2.24, 2.45) is 7.05 Å². The van der Waals surface area contributed by atoms with E-state index in [1.807, 2.05) is 0 Å². The maximum absolute atomic E-state index is 11.5. The number of ether oxygens (including phenoxy) is 1. The van der Waals surface area contributed by atoms with Crippen molar-refractivity contribution in [1.82, 2.24) is 9.55 Å². The zero-order chi connectivity index (χ0) is 13.5. The molecule has 18 heavy (non-hydrogen) atoms. The van der Waals surface area contributed by atoms with Gasteiger partial charge >= 0.3 is 5.97 Å². The lowest BCUT2D eigenvalue weighted by Crippen LogP contribution is -2.19. The molecular weight excluding hydrogens is 252 g/mol. The zero-order valence-corrected chi connectivity index (χ0v) is 11.7. The fourth-order valence-electron chi connectivity index (χ4n) is 1.37. The molecule has 0 radical (unpaired) electrons. The van der Waals surface area contributed by atoms with Gasteiger partial charge in [0.25, 0.3) is 5.56 Å². The van der Waals surface area contributed by atoms with E-state index in [-0.39, 0.29) is 11.5 Å². The van der Waals surface area contributed by atoms with E-state index in [0.29, 0.717) is 30.3 Å². The Morgan fingerprint density at radius 2 is 2.28 bits per heavy atom. The van der Waals surface area contributed by atoms with Gasteiger partial charge in [-0.05, 0) is 20.3 Å². The largest absolute Gasteiger partial charge is 0.466 e. The summed E-state index contributed by atoms with van der Waals surface area (Å²) in [5.74, 6) is 0.562. The Labute approximate surface area is 111 Å². The number of thioether (sulfide) groups is 1. The number of aromatic nitrogens is 2. The highest BCUT2D eigenvalue weighted by atomic mass is 32.2. The number of aryl methyl sites for hydroxylation is 1. The van der Waals surface area contributed by atoms with E-state index in [9.17, 15) is 9.59 Å². The van der Waals surface area contributed by atoms with Gasteiger partial charge < -0.3 is 4.74 Å². The van der Waals surface area contributed by atoms with Crippen LogP contribution in [0.3, 0.4) is 0 Å². The minimum atomic E-state index is -0.177. The molecule has 1 aromatic heterocycles. The molecule has 0 atom stereocenters. The summed E-state index contributed by atoms with van der Waals surface area (Å²) in [6.07, 6.45) is 1.12. The van der Waals surface area contributed by atoms with Gasteiger partial charge in [0, 0.05) is 31.0 Å². The van der Waals surface area contributed by atoms with Crippen LogP contribution in [0.1, 0.15) is 25.5 Å². The third kappa shape index (κ3) is 4.52. The molecule has 0 spiro atoms. The van der Waals surface area contributed by atoms with Crippen molar-refractivity contribution in [3.8, 4) is 0 Å². The van der Waals surface area contributed by atoms with Crippen molar-refractivity contribution < 1.29 is 9.53 Å². The van der Waals surface area contributed by atoms with Gasteiger partial charge in [-0.2, -0.15) is 0 Å². The normalized spacial score (nSPS) is 10.4. The molecule has 0 aromatic carbocycles. The number of carbonyl (C=O) groups is 1. The molecule has 0 unspecified atom stereocenters. The lowest BCUT2D eigenvalue weighted by atomic mass is 10.3.